The van der Waals surface area contributed by atoms with Gasteiger partial charge in [-0.05, 0) is 42.5 Å². The van der Waals surface area contributed by atoms with E-state index in [1.165, 1.54) is 13.2 Å². The number of methoxy groups -OCH3 is 1. The first-order chi connectivity index (χ1) is 12.3. The lowest BCUT2D eigenvalue weighted by atomic mass is 10.3. The lowest BCUT2D eigenvalue weighted by Gasteiger charge is -2.20. The van der Waals surface area contributed by atoms with Gasteiger partial charge in [-0.15, -0.1) is 0 Å². The fourth-order valence-corrected chi connectivity index (χ4v) is 3.83. The number of ether oxygens (including phenoxy) is 1. The Morgan fingerprint density at radius 1 is 1.23 bits per heavy atom. The summed E-state index contributed by atoms with van der Waals surface area (Å²) in [6.07, 6.45) is 0. The Morgan fingerprint density at radius 2 is 1.88 bits per heavy atom. The van der Waals surface area contributed by atoms with Crippen molar-refractivity contribution in [3.63, 3.8) is 0 Å². The smallest absolute Gasteiger partial charge is 0.246 e. The summed E-state index contributed by atoms with van der Waals surface area (Å²) in [5.74, 6) is -0.888. The molecular formula is C17H18ClFN2O4S. The average molecular weight is 401 g/mol. The van der Waals surface area contributed by atoms with Crippen LogP contribution in [0.25, 0.3) is 0 Å². The largest absolute Gasteiger partial charge is 0.497 e. The normalized spacial score (nSPS) is 11.4. The Kier molecular flexibility index (Phi) is 6.57. The number of carbonyl (C=O) groups is 1. The molecule has 26 heavy (non-hydrogen) atoms. The van der Waals surface area contributed by atoms with E-state index in [4.69, 9.17) is 16.3 Å². The van der Waals surface area contributed by atoms with Gasteiger partial charge in [0, 0.05) is 17.3 Å². The maximum Gasteiger partial charge on any atom is 0.246 e. The summed E-state index contributed by atoms with van der Waals surface area (Å²) in [6, 6.07) is 9.85. The van der Waals surface area contributed by atoms with Crippen LogP contribution in [0.3, 0.4) is 0 Å². The highest BCUT2D eigenvalue weighted by Gasteiger charge is 2.28. The van der Waals surface area contributed by atoms with Gasteiger partial charge in [0.05, 0.1) is 13.7 Å². The first kappa shape index (κ1) is 20.2. The van der Waals surface area contributed by atoms with Gasteiger partial charge in [-0.3, -0.25) is 4.79 Å². The zero-order valence-electron chi connectivity index (χ0n) is 14.2. The Balaban J connectivity index is 2.15. The van der Waals surface area contributed by atoms with E-state index in [-0.39, 0.29) is 11.6 Å². The lowest BCUT2D eigenvalue weighted by Crippen LogP contribution is -2.38. The highest BCUT2D eigenvalue weighted by Crippen LogP contribution is 2.22. The lowest BCUT2D eigenvalue weighted by molar-refractivity contribution is -0.116. The maximum atomic E-state index is 14.0. The summed E-state index contributed by atoms with van der Waals surface area (Å²) in [6.45, 7) is 1.11. The highest BCUT2D eigenvalue weighted by atomic mass is 35.5. The molecule has 140 valence electrons. The van der Waals surface area contributed by atoms with Crippen molar-refractivity contribution >= 4 is 33.2 Å². The molecule has 0 aliphatic carbocycles. The second-order valence-corrected chi connectivity index (χ2v) is 7.63. The monoisotopic (exact) mass is 400 g/mol. The van der Waals surface area contributed by atoms with E-state index >= 15 is 0 Å². The van der Waals surface area contributed by atoms with Crippen molar-refractivity contribution in [2.75, 3.05) is 25.5 Å². The van der Waals surface area contributed by atoms with E-state index in [0.29, 0.717) is 11.4 Å². The number of nitrogens with one attached hydrogen (secondary N) is 1. The van der Waals surface area contributed by atoms with Crippen molar-refractivity contribution in [2.24, 2.45) is 0 Å². The predicted molar refractivity (Wildman–Crippen MR) is 97.5 cm³/mol. The Bertz CT molecular complexity index is 888. The van der Waals surface area contributed by atoms with Crippen molar-refractivity contribution in [2.45, 2.75) is 11.8 Å². The van der Waals surface area contributed by atoms with Crippen molar-refractivity contribution < 1.29 is 22.3 Å². The van der Waals surface area contributed by atoms with E-state index in [2.05, 4.69) is 5.32 Å². The van der Waals surface area contributed by atoms with Gasteiger partial charge in [0.2, 0.25) is 15.9 Å². The molecule has 0 atom stereocenters. The van der Waals surface area contributed by atoms with Crippen LogP contribution in [0.1, 0.15) is 6.92 Å². The van der Waals surface area contributed by atoms with Gasteiger partial charge in [-0.2, -0.15) is 4.31 Å². The maximum absolute atomic E-state index is 14.0. The number of anilines is 1. The predicted octanol–water partition coefficient (Wildman–Crippen LogP) is 3.14. The number of hydrogen-bond acceptors (Lipinski definition) is 4. The topological polar surface area (TPSA) is 75.7 Å². The minimum Gasteiger partial charge on any atom is -0.497 e. The molecule has 0 aliphatic rings. The van der Waals surface area contributed by atoms with Crippen LogP contribution in [-0.2, 0) is 14.8 Å². The molecule has 9 heteroatoms. The van der Waals surface area contributed by atoms with Gasteiger partial charge in [-0.1, -0.05) is 18.5 Å². The molecule has 0 radical (unpaired) electrons. The van der Waals surface area contributed by atoms with Crippen LogP contribution in [-0.4, -0.2) is 38.8 Å². The number of hydrogen-bond donors (Lipinski definition) is 1. The van der Waals surface area contributed by atoms with Gasteiger partial charge >= 0.3 is 0 Å². The number of likely N-dealkylation sites (N-methyl/N-ethyl adjacent to an activating group) is 1. The Labute approximate surface area is 156 Å². The quantitative estimate of drug-likeness (QED) is 0.774. The van der Waals surface area contributed by atoms with Gasteiger partial charge < -0.3 is 10.1 Å². The van der Waals surface area contributed by atoms with Gasteiger partial charge in [0.25, 0.3) is 0 Å². The molecule has 0 saturated carbocycles. The minimum atomic E-state index is -4.18. The molecule has 0 fully saturated rings. The molecule has 6 nitrogen and oxygen atoms in total. The number of sulfonamides is 1. The number of amides is 1. The number of rotatable bonds is 7. The fourth-order valence-electron chi connectivity index (χ4n) is 2.23. The minimum absolute atomic E-state index is 0.000429. The second-order valence-electron chi connectivity index (χ2n) is 5.28. The summed E-state index contributed by atoms with van der Waals surface area (Å²) in [5.41, 5.74) is 0.488. The number of nitrogens with zero attached hydrogens (tertiary/aromatic N) is 1. The molecule has 0 aromatic heterocycles. The van der Waals surface area contributed by atoms with Gasteiger partial charge in [0.15, 0.2) is 0 Å². The fraction of sp³-hybridized carbons (Fsp3) is 0.235. The Hall–Kier alpha value is -2.16. The van der Waals surface area contributed by atoms with Crippen LogP contribution in [0.15, 0.2) is 47.4 Å². The van der Waals surface area contributed by atoms with Gasteiger partial charge in [-0.25, -0.2) is 12.8 Å². The molecule has 2 rings (SSSR count). The molecule has 0 heterocycles. The highest BCUT2D eigenvalue weighted by molar-refractivity contribution is 7.89. The van der Waals surface area contributed by atoms with Crippen molar-refractivity contribution in [1.29, 1.82) is 0 Å². The zero-order chi connectivity index (χ0) is 19.3. The first-order valence-electron chi connectivity index (χ1n) is 7.67. The van der Waals surface area contributed by atoms with Crippen molar-refractivity contribution in [3.8, 4) is 5.75 Å². The van der Waals surface area contributed by atoms with E-state index in [1.807, 2.05) is 0 Å². The Morgan fingerprint density at radius 3 is 2.42 bits per heavy atom. The molecule has 2 aromatic carbocycles. The summed E-state index contributed by atoms with van der Waals surface area (Å²) >= 11 is 5.66. The first-order valence-corrected chi connectivity index (χ1v) is 9.49. The van der Waals surface area contributed by atoms with Crippen LogP contribution >= 0.6 is 11.6 Å². The summed E-state index contributed by atoms with van der Waals surface area (Å²) in [5, 5.41) is 2.67. The molecular weight excluding hydrogens is 383 g/mol. The van der Waals surface area contributed by atoms with E-state index in [1.54, 1.807) is 31.2 Å². The molecule has 0 bridgehead atoms. The second kappa shape index (κ2) is 8.48. The number of benzene rings is 2. The molecule has 1 amide bonds. The number of carbonyl (C=O) groups excluding carboxylic acids is 1. The molecule has 0 aliphatic heterocycles. The third-order valence-electron chi connectivity index (χ3n) is 3.56. The molecule has 0 spiro atoms. The van der Waals surface area contributed by atoms with E-state index < -0.39 is 33.2 Å². The number of halogens is 2. The standard InChI is InChI=1S/C17H18ClFN2O4S/c1-3-21(26(23,24)16-9-4-12(18)10-15(16)19)11-17(22)20-13-5-7-14(25-2)8-6-13/h4-10H,3,11H2,1-2H3,(H,20,22). The third-order valence-corrected chi connectivity index (χ3v) is 5.75. The van der Waals surface area contributed by atoms with E-state index in [0.717, 1.165) is 16.4 Å². The molecule has 1 N–H and O–H groups in total. The summed E-state index contributed by atoms with van der Waals surface area (Å²) < 4.78 is 45.1. The van der Waals surface area contributed by atoms with Crippen molar-refractivity contribution in [3.05, 3.63) is 53.3 Å². The van der Waals surface area contributed by atoms with Crippen LogP contribution in [0.5, 0.6) is 5.75 Å². The van der Waals surface area contributed by atoms with Crippen LogP contribution in [0.2, 0.25) is 5.02 Å². The van der Waals surface area contributed by atoms with Crippen LogP contribution in [0.4, 0.5) is 10.1 Å². The molecule has 0 saturated heterocycles. The molecule has 0 unspecified atom stereocenters. The zero-order valence-corrected chi connectivity index (χ0v) is 15.8. The van der Waals surface area contributed by atoms with E-state index in [9.17, 15) is 17.6 Å². The summed E-state index contributed by atoms with van der Waals surface area (Å²) in [4.78, 5) is 11.7. The van der Waals surface area contributed by atoms with Crippen LogP contribution < -0.4 is 10.1 Å². The SMILES string of the molecule is CCN(CC(=O)Nc1ccc(OC)cc1)S(=O)(=O)c1ccc(Cl)cc1F. The third kappa shape index (κ3) is 4.72. The van der Waals surface area contributed by atoms with Crippen LogP contribution in [0, 0.1) is 5.82 Å². The van der Waals surface area contributed by atoms with Crippen molar-refractivity contribution in [1.82, 2.24) is 4.31 Å². The average Bonchev–Trinajstić information content (AvgIpc) is 2.59. The molecule has 2 aromatic rings. The summed E-state index contributed by atoms with van der Waals surface area (Å²) in [7, 11) is -2.66. The van der Waals surface area contributed by atoms with Gasteiger partial charge in [0.1, 0.15) is 16.5 Å².